The van der Waals surface area contributed by atoms with E-state index >= 15 is 0 Å². The number of ether oxygens (including phenoxy) is 1. The van der Waals surface area contributed by atoms with Gasteiger partial charge in [0.05, 0.1) is 6.61 Å². The van der Waals surface area contributed by atoms with Crippen LogP contribution < -0.4 is 4.74 Å². The summed E-state index contributed by atoms with van der Waals surface area (Å²) < 4.78 is 5.59. The van der Waals surface area contributed by atoms with Crippen molar-refractivity contribution < 1.29 is 4.74 Å². The quantitative estimate of drug-likeness (QED) is 0.532. The fourth-order valence-corrected chi connectivity index (χ4v) is 1.28. The third-order valence-electron chi connectivity index (χ3n) is 1.80. The summed E-state index contributed by atoms with van der Waals surface area (Å²) in [6.07, 6.45) is 4.92. The number of halogens is 1. The zero-order valence-electron chi connectivity index (χ0n) is 8.37. The van der Waals surface area contributed by atoms with Crippen molar-refractivity contribution in [3.05, 3.63) is 35.9 Å². The maximum atomic E-state index is 5.59. The molecule has 0 aromatic heterocycles. The molecule has 1 aromatic carbocycles. The zero-order chi connectivity index (χ0) is 10.2. The molecule has 0 aliphatic heterocycles. The Balaban J connectivity index is 2.64. The first-order chi connectivity index (χ1) is 6.88. The fourth-order valence-electron chi connectivity index (χ4n) is 1.17. The monoisotopic (exact) mass is 210 g/mol. The van der Waals surface area contributed by atoms with Crippen LogP contribution in [0.1, 0.15) is 18.9 Å². The van der Waals surface area contributed by atoms with E-state index in [1.807, 2.05) is 43.3 Å². The Bertz CT molecular complexity index is 294. The molecule has 0 amide bonds. The number of para-hydroxylation sites is 1. The van der Waals surface area contributed by atoms with Crippen molar-refractivity contribution in [2.24, 2.45) is 0 Å². The molecule has 1 nitrogen and oxygen atoms in total. The maximum absolute atomic E-state index is 5.59. The van der Waals surface area contributed by atoms with Crippen molar-refractivity contribution in [2.75, 3.05) is 12.5 Å². The average molecular weight is 211 g/mol. The Morgan fingerprint density at radius 3 is 2.86 bits per heavy atom. The van der Waals surface area contributed by atoms with Gasteiger partial charge in [0.15, 0.2) is 0 Å². The van der Waals surface area contributed by atoms with E-state index in [4.69, 9.17) is 16.3 Å². The molecule has 0 aliphatic carbocycles. The number of hydrogen-bond donors (Lipinski definition) is 0. The van der Waals surface area contributed by atoms with Gasteiger partial charge in [-0.15, -0.1) is 11.6 Å². The van der Waals surface area contributed by atoms with Crippen LogP contribution in [0.4, 0.5) is 0 Å². The summed E-state index contributed by atoms with van der Waals surface area (Å²) in [6, 6.07) is 7.99. The van der Waals surface area contributed by atoms with Crippen molar-refractivity contribution >= 4 is 17.7 Å². The summed E-state index contributed by atoms with van der Waals surface area (Å²) in [5, 5.41) is 0. The first-order valence-electron chi connectivity index (χ1n) is 4.79. The summed E-state index contributed by atoms with van der Waals surface area (Å²) in [6.45, 7) is 2.67. The van der Waals surface area contributed by atoms with Gasteiger partial charge in [0, 0.05) is 11.4 Å². The smallest absolute Gasteiger partial charge is 0.126 e. The average Bonchev–Trinajstić information content (AvgIpc) is 2.21. The van der Waals surface area contributed by atoms with Crippen LogP contribution in [0.3, 0.4) is 0 Å². The number of allylic oxidation sites excluding steroid dienone is 1. The van der Waals surface area contributed by atoms with E-state index in [-0.39, 0.29) is 0 Å². The molecule has 0 spiro atoms. The van der Waals surface area contributed by atoms with Crippen LogP contribution in [0.15, 0.2) is 30.3 Å². The van der Waals surface area contributed by atoms with Crippen molar-refractivity contribution in [2.45, 2.75) is 13.3 Å². The van der Waals surface area contributed by atoms with Gasteiger partial charge in [0.1, 0.15) is 5.75 Å². The second kappa shape index (κ2) is 6.50. The van der Waals surface area contributed by atoms with E-state index in [0.29, 0.717) is 12.5 Å². The minimum atomic E-state index is 0.645. The molecule has 0 unspecified atom stereocenters. The lowest BCUT2D eigenvalue weighted by atomic mass is 10.2. The van der Waals surface area contributed by atoms with Crippen LogP contribution in [-0.2, 0) is 0 Å². The van der Waals surface area contributed by atoms with Crippen molar-refractivity contribution in [3.8, 4) is 5.75 Å². The van der Waals surface area contributed by atoms with Gasteiger partial charge in [-0.05, 0) is 19.4 Å². The van der Waals surface area contributed by atoms with E-state index in [1.165, 1.54) is 0 Å². The van der Waals surface area contributed by atoms with Crippen LogP contribution >= 0.6 is 11.6 Å². The van der Waals surface area contributed by atoms with E-state index < -0.39 is 0 Å². The largest absolute Gasteiger partial charge is 0.493 e. The predicted molar refractivity (Wildman–Crippen MR) is 62.0 cm³/mol. The maximum Gasteiger partial charge on any atom is 0.126 e. The lowest BCUT2D eigenvalue weighted by Gasteiger charge is -2.07. The highest BCUT2D eigenvalue weighted by Crippen LogP contribution is 2.19. The van der Waals surface area contributed by atoms with Gasteiger partial charge >= 0.3 is 0 Å². The van der Waals surface area contributed by atoms with E-state index in [9.17, 15) is 0 Å². The third-order valence-corrected chi connectivity index (χ3v) is 2.07. The van der Waals surface area contributed by atoms with Gasteiger partial charge in [-0.1, -0.05) is 30.4 Å². The fraction of sp³-hybridized carbons (Fsp3) is 0.333. The van der Waals surface area contributed by atoms with Gasteiger partial charge in [-0.3, -0.25) is 0 Å². The molecule has 0 radical (unpaired) electrons. The highest BCUT2D eigenvalue weighted by atomic mass is 35.5. The standard InChI is InChI=1S/C12H15ClO/c1-2-6-11-7-3-4-8-12(11)14-10-5-9-13/h2-4,6-8H,5,9-10H2,1H3/b6-2+. The molecule has 0 bridgehead atoms. The van der Waals surface area contributed by atoms with Gasteiger partial charge in [-0.2, -0.15) is 0 Å². The van der Waals surface area contributed by atoms with Crippen LogP contribution in [0.25, 0.3) is 6.08 Å². The number of alkyl halides is 1. The SMILES string of the molecule is C/C=C/c1ccccc1OCCCCl. The number of benzene rings is 1. The second-order valence-electron chi connectivity index (χ2n) is 2.93. The first kappa shape index (κ1) is 11.1. The van der Waals surface area contributed by atoms with Gasteiger partial charge < -0.3 is 4.74 Å². The minimum Gasteiger partial charge on any atom is -0.493 e. The highest BCUT2D eigenvalue weighted by molar-refractivity contribution is 6.17. The molecule has 0 fully saturated rings. The van der Waals surface area contributed by atoms with Crippen LogP contribution in [0.2, 0.25) is 0 Å². The summed E-state index contributed by atoms with van der Waals surface area (Å²) in [5.74, 6) is 1.57. The molecular weight excluding hydrogens is 196 g/mol. The Morgan fingerprint density at radius 2 is 2.14 bits per heavy atom. The predicted octanol–water partition coefficient (Wildman–Crippen LogP) is 3.73. The summed E-state index contributed by atoms with van der Waals surface area (Å²) >= 11 is 5.57. The summed E-state index contributed by atoms with van der Waals surface area (Å²) in [7, 11) is 0. The first-order valence-corrected chi connectivity index (χ1v) is 5.32. The van der Waals surface area contributed by atoms with Crippen molar-refractivity contribution in [1.82, 2.24) is 0 Å². The molecule has 0 atom stereocenters. The molecule has 0 saturated heterocycles. The van der Waals surface area contributed by atoms with Crippen LogP contribution in [0, 0.1) is 0 Å². The Hall–Kier alpha value is -0.950. The minimum absolute atomic E-state index is 0.645. The molecule has 76 valence electrons. The highest BCUT2D eigenvalue weighted by Gasteiger charge is 1.98. The summed E-state index contributed by atoms with van der Waals surface area (Å²) in [4.78, 5) is 0. The molecule has 14 heavy (non-hydrogen) atoms. The van der Waals surface area contributed by atoms with Crippen LogP contribution in [-0.4, -0.2) is 12.5 Å². The zero-order valence-corrected chi connectivity index (χ0v) is 9.13. The molecular formula is C12H15ClO. The molecule has 0 saturated carbocycles. The lowest BCUT2D eigenvalue weighted by Crippen LogP contribution is -1.98. The molecule has 2 heteroatoms. The molecule has 0 N–H and O–H groups in total. The molecule has 0 aliphatic rings. The van der Waals surface area contributed by atoms with Crippen molar-refractivity contribution in [3.63, 3.8) is 0 Å². The second-order valence-corrected chi connectivity index (χ2v) is 3.31. The Labute approximate surface area is 90.3 Å². The van der Waals surface area contributed by atoms with Crippen LogP contribution in [0.5, 0.6) is 5.75 Å². The van der Waals surface area contributed by atoms with E-state index in [2.05, 4.69) is 0 Å². The summed E-state index contributed by atoms with van der Waals surface area (Å²) in [5.41, 5.74) is 1.12. The van der Waals surface area contributed by atoms with Gasteiger partial charge in [-0.25, -0.2) is 0 Å². The number of rotatable bonds is 5. The van der Waals surface area contributed by atoms with Crippen molar-refractivity contribution in [1.29, 1.82) is 0 Å². The molecule has 1 aromatic rings. The van der Waals surface area contributed by atoms with Gasteiger partial charge in [0.25, 0.3) is 0 Å². The number of hydrogen-bond acceptors (Lipinski definition) is 1. The molecule has 1 rings (SSSR count). The van der Waals surface area contributed by atoms with Gasteiger partial charge in [0.2, 0.25) is 0 Å². The van der Waals surface area contributed by atoms with E-state index in [1.54, 1.807) is 0 Å². The van der Waals surface area contributed by atoms with E-state index in [0.717, 1.165) is 17.7 Å². The third kappa shape index (κ3) is 3.43. The Morgan fingerprint density at radius 1 is 1.36 bits per heavy atom. The lowest BCUT2D eigenvalue weighted by molar-refractivity contribution is 0.317. The normalized spacial score (nSPS) is 10.7. The Kier molecular flexibility index (Phi) is 5.16. The topological polar surface area (TPSA) is 9.23 Å². The molecule has 0 heterocycles.